The van der Waals surface area contributed by atoms with Gasteiger partial charge in [0.1, 0.15) is 6.10 Å². The first-order valence-electron chi connectivity index (χ1n) is 7.93. The van der Waals surface area contributed by atoms with Gasteiger partial charge >= 0.3 is 0 Å². The van der Waals surface area contributed by atoms with Gasteiger partial charge in [-0.3, -0.25) is 15.0 Å². The molecule has 1 fully saturated rings. The van der Waals surface area contributed by atoms with Gasteiger partial charge in [0.15, 0.2) is 5.13 Å². The second-order valence-corrected chi connectivity index (χ2v) is 6.09. The van der Waals surface area contributed by atoms with Gasteiger partial charge < -0.3 is 14.2 Å². The van der Waals surface area contributed by atoms with Crippen molar-refractivity contribution in [3.8, 4) is 0 Å². The van der Waals surface area contributed by atoms with Crippen LogP contribution >= 0.6 is 11.3 Å². The number of hydrogen-bond acceptors (Lipinski definition) is 7. The Balaban J connectivity index is 1.73. The molecule has 0 saturated carbocycles. The molecule has 0 radical (unpaired) electrons. The average molecular weight is 343 g/mol. The summed E-state index contributed by atoms with van der Waals surface area (Å²) in [7, 11) is 0. The second kappa shape index (κ2) is 9.94. The van der Waals surface area contributed by atoms with Crippen molar-refractivity contribution in [3.63, 3.8) is 0 Å². The van der Waals surface area contributed by atoms with Gasteiger partial charge in [0, 0.05) is 31.6 Å². The molecule has 1 amide bonds. The highest BCUT2D eigenvalue weighted by Crippen LogP contribution is 2.17. The number of anilines is 1. The van der Waals surface area contributed by atoms with E-state index in [0.717, 1.165) is 38.5 Å². The first-order valence-corrected chi connectivity index (χ1v) is 8.81. The summed E-state index contributed by atoms with van der Waals surface area (Å²) in [4.78, 5) is 18.8. The Labute approximate surface area is 140 Å². The van der Waals surface area contributed by atoms with Crippen LogP contribution in [0.5, 0.6) is 0 Å². The molecule has 1 aliphatic heterocycles. The number of carbonyl (C=O) groups is 1. The molecular formula is C15H25N3O4S. The van der Waals surface area contributed by atoms with Crippen LogP contribution in [0.25, 0.3) is 0 Å². The molecule has 1 aliphatic rings. The van der Waals surface area contributed by atoms with Crippen LogP contribution in [0.3, 0.4) is 0 Å². The van der Waals surface area contributed by atoms with Gasteiger partial charge in [-0.15, -0.1) is 11.3 Å². The van der Waals surface area contributed by atoms with E-state index in [9.17, 15) is 4.79 Å². The zero-order valence-corrected chi connectivity index (χ0v) is 14.6. The van der Waals surface area contributed by atoms with E-state index >= 15 is 0 Å². The minimum atomic E-state index is -0.526. The molecule has 0 bridgehead atoms. The zero-order chi connectivity index (χ0) is 16.5. The summed E-state index contributed by atoms with van der Waals surface area (Å²) in [5.41, 5.74) is 0.970. The molecule has 0 aromatic carbocycles. The van der Waals surface area contributed by atoms with Gasteiger partial charge in [0.05, 0.1) is 32.1 Å². The monoisotopic (exact) mass is 343 g/mol. The molecule has 1 aromatic rings. The number of hydrogen-bond donors (Lipinski definition) is 1. The number of ether oxygens (including phenoxy) is 3. The molecule has 8 heteroatoms. The Bertz CT molecular complexity index is 477. The van der Waals surface area contributed by atoms with E-state index in [-0.39, 0.29) is 5.91 Å². The van der Waals surface area contributed by atoms with E-state index in [1.54, 1.807) is 6.92 Å². The van der Waals surface area contributed by atoms with E-state index in [1.165, 1.54) is 11.3 Å². The lowest BCUT2D eigenvalue weighted by molar-refractivity contribution is -0.127. The molecule has 1 atom stereocenters. The Morgan fingerprint density at radius 1 is 1.48 bits per heavy atom. The number of thiazole rings is 1. The SMILES string of the molecule is CCOCCOC(C)C(=O)Nc1nc(CN2CCOCC2)cs1. The maximum Gasteiger partial charge on any atom is 0.254 e. The van der Waals surface area contributed by atoms with Crippen LogP contribution < -0.4 is 5.32 Å². The summed E-state index contributed by atoms with van der Waals surface area (Å²) >= 11 is 1.43. The maximum atomic E-state index is 12.0. The molecule has 2 heterocycles. The predicted octanol–water partition coefficient (Wildman–Crippen LogP) is 1.36. The number of carbonyl (C=O) groups excluding carboxylic acids is 1. The lowest BCUT2D eigenvalue weighted by atomic mass is 10.3. The highest BCUT2D eigenvalue weighted by molar-refractivity contribution is 7.13. The Hall–Kier alpha value is -1.06. The van der Waals surface area contributed by atoms with E-state index in [2.05, 4.69) is 15.2 Å². The summed E-state index contributed by atoms with van der Waals surface area (Å²) < 4.78 is 15.9. The standard InChI is InChI=1S/C15H25N3O4S/c1-3-20-8-9-22-12(2)14(19)17-15-16-13(11-23-15)10-18-4-6-21-7-5-18/h11-12H,3-10H2,1-2H3,(H,16,17,19). The minimum Gasteiger partial charge on any atom is -0.379 e. The lowest BCUT2D eigenvalue weighted by Crippen LogP contribution is -2.35. The zero-order valence-electron chi connectivity index (χ0n) is 13.7. The molecule has 1 unspecified atom stereocenters. The van der Waals surface area contributed by atoms with Gasteiger partial charge in [-0.1, -0.05) is 0 Å². The molecule has 0 aliphatic carbocycles. The fraction of sp³-hybridized carbons (Fsp3) is 0.733. The third kappa shape index (κ3) is 6.52. The number of amides is 1. The van der Waals surface area contributed by atoms with Crippen LogP contribution in [-0.4, -0.2) is 68.0 Å². The van der Waals surface area contributed by atoms with Crippen molar-refractivity contribution in [3.05, 3.63) is 11.1 Å². The van der Waals surface area contributed by atoms with Crippen molar-refractivity contribution in [2.75, 3.05) is 51.4 Å². The van der Waals surface area contributed by atoms with Gasteiger partial charge in [-0.05, 0) is 13.8 Å². The highest BCUT2D eigenvalue weighted by atomic mass is 32.1. The van der Waals surface area contributed by atoms with Gasteiger partial charge in [0.2, 0.25) is 0 Å². The van der Waals surface area contributed by atoms with Gasteiger partial charge in [0.25, 0.3) is 5.91 Å². The van der Waals surface area contributed by atoms with Crippen molar-refractivity contribution < 1.29 is 19.0 Å². The Morgan fingerprint density at radius 2 is 2.26 bits per heavy atom. The summed E-state index contributed by atoms with van der Waals surface area (Å²) in [6, 6.07) is 0. The van der Waals surface area contributed by atoms with E-state index in [1.807, 2.05) is 12.3 Å². The highest BCUT2D eigenvalue weighted by Gasteiger charge is 2.16. The number of rotatable bonds is 9. The first-order chi connectivity index (χ1) is 11.2. The molecule has 130 valence electrons. The quantitative estimate of drug-likeness (QED) is 0.683. The molecule has 0 spiro atoms. The Kier molecular flexibility index (Phi) is 7.90. The van der Waals surface area contributed by atoms with Crippen LogP contribution in [0.15, 0.2) is 5.38 Å². The van der Waals surface area contributed by atoms with Crippen molar-refractivity contribution >= 4 is 22.4 Å². The molecular weight excluding hydrogens is 318 g/mol. The van der Waals surface area contributed by atoms with Crippen LogP contribution in [0, 0.1) is 0 Å². The van der Waals surface area contributed by atoms with Gasteiger partial charge in [-0.2, -0.15) is 0 Å². The molecule has 2 rings (SSSR count). The van der Waals surface area contributed by atoms with Crippen LogP contribution in [-0.2, 0) is 25.5 Å². The van der Waals surface area contributed by atoms with Gasteiger partial charge in [-0.25, -0.2) is 4.98 Å². The van der Waals surface area contributed by atoms with Crippen molar-refractivity contribution in [1.82, 2.24) is 9.88 Å². The number of aromatic nitrogens is 1. The van der Waals surface area contributed by atoms with Crippen LogP contribution in [0.1, 0.15) is 19.5 Å². The van der Waals surface area contributed by atoms with Crippen molar-refractivity contribution in [1.29, 1.82) is 0 Å². The number of nitrogens with zero attached hydrogens (tertiary/aromatic N) is 2. The molecule has 7 nitrogen and oxygen atoms in total. The predicted molar refractivity (Wildman–Crippen MR) is 88.7 cm³/mol. The molecule has 23 heavy (non-hydrogen) atoms. The first kappa shape index (κ1) is 18.3. The molecule has 1 saturated heterocycles. The summed E-state index contributed by atoms with van der Waals surface area (Å²) in [5, 5.41) is 5.39. The fourth-order valence-corrected chi connectivity index (χ4v) is 2.84. The van der Waals surface area contributed by atoms with E-state index < -0.39 is 6.10 Å². The molecule has 1 N–H and O–H groups in total. The second-order valence-electron chi connectivity index (χ2n) is 5.23. The summed E-state index contributed by atoms with van der Waals surface area (Å²) in [6.45, 7) is 9.36. The third-order valence-corrected chi connectivity index (χ3v) is 4.25. The molecule has 1 aromatic heterocycles. The fourth-order valence-electron chi connectivity index (χ4n) is 2.14. The smallest absolute Gasteiger partial charge is 0.254 e. The lowest BCUT2D eigenvalue weighted by Gasteiger charge is -2.25. The van der Waals surface area contributed by atoms with Crippen molar-refractivity contribution in [2.24, 2.45) is 0 Å². The van der Waals surface area contributed by atoms with E-state index in [0.29, 0.717) is 25.0 Å². The minimum absolute atomic E-state index is 0.186. The normalized spacial score (nSPS) is 17.1. The average Bonchev–Trinajstić information content (AvgIpc) is 2.99. The summed E-state index contributed by atoms with van der Waals surface area (Å²) in [6.07, 6.45) is -0.526. The third-order valence-electron chi connectivity index (χ3n) is 3.44. The van der Waals surface area contributed by atoms with Crippen LogP contribution in [0.4, 0.5) is 5.13 Å². The largest absolute Gasteiger partial charge is 0.379 e. The van der Waals surface area contributed by atoms with Crippen molar-refractivity contribution in [2.45, 2.75) is 26.5 Å². The maximum absolute atomic E-state index is 12.0. The number of morpholine rings is 1. The topological polar surface area (TPSA) is 72.9 Å². The van der Waals surface area contributed by atoms with Crippen LogP contribution in [0.2, 0.25) is 0 Å². The summed E-state index contributed by atoms with van der Waals surface area (Å²) in [5.74, 6) is -0.186. The van der Waals surface area contributed by atoms with E-state index in [4.69, 9.17) is 14.2 Å². The Morgan fingerprint density at radius 3 is 3.00 bits per heavy atom. The number of nitrogens with one attached hydrogen (secondary N) is 1.